The van der Waals surface area contributed by atoms with Crippen LogP contribution < -0.4 is 0 Å². The molecule has 5 aliphatic heterocycles. The first-order chi connectivity index (χ1) is 41.7. The Balaban J connectivity index is 0.884. The Bertz CT molecular complexity index is 2340. The average Bonchev–Trinajstić information content (AvgIpc) is 1.66. The molecule has 5 saturated heterocycles. The van der Waals surface area contributed by atoms with Crippen molar-refractivity contribution in [2.75, 3.05) is 33.0 Å². The fourth-order valence-corrected chi connectivity index (χ4v) is 17.1. The van der Waals surface area contributed by atoms with Crippen molar-refractivity contribution in [3.8, 4) is 0 Å². The second kappa shape index (κ2) is 27.6. The molecule has 516 valence electrons. The van der Waals surface area contributed by atoms with Gasteiger partial charge in [-0.1, -0.05) is 53.2 Å². The van der Waals surface area contributed by atoms with Crippen molar-refractivity contribution in [2.45, 2.75) is 284 Å². The van der Waals surface area contributed by atoms with Crippen molar-refractivity contribution in [2.24, 2.45) is 45.3 Å². The van der Waals surface area contributed by atoms with Gasteiger partial charge in [-0.2, -0.15) is 0 Å². The molecule has 0 bridgehead atoms. The smallest absolute Gasteiger partial charge is 0.187 e. The van der Waals surface area contributed by atoms with Gasteiger partial charge in [0, 0.05) is 10.8 Å². The standard InChI is InChI=1S/C60H102O29/c1-23(9-13-35(57(4,5)79)87-55-50(89-54-47(77)42(72)38(68)29(20-63)83-54)43(73)39(69)31(85-55)22-80-51-45(75)40(70)36(66)27(18-61)81-51)24-15-16-58(6)32-12-10-25-26(60(32,8)33(65)17-59(24,58)7)11-14-34(56(25,2)3)86-52-48(78)44(74)49(30(21-64)84-52)88-53-46(76)41(71)37(67)28(19-62)82-53/h10,23-24,26-55,61-79H,9,11-22H2,1-8H3/t23-,24-,26-,27?,28?,29?,30?,31?,32+,33-,34+,35-,36-,37-,38-,39-,40?,41?,42?,43?,44?,45?,46?,47?,48?,49-,50?,51-,52+,53+,54+,55+,58+,59-,60+/m1/s1. The number of allylic oxidation sites excluding steroid dienone is 1. The molecule has 29 nitrogen and oxygen atoms in total. The van der Waals surface area contributed by atoms with Gasteiger partial charge in [0.15, 0.2) is 31.5 Å². The van der Waals surface area contributed by atoms with Crippen LogP contribution in [-0.4, -0.2) is 308 Å². The summed E-state index contributed by atoms with van der Waals surface area (Å²) >= 11 is 0. The Morgan fingerprint density at radius 1 is 0.517 bits per heavy atom. The highest BCUT2D eigenvalue weighted by Gasteiger charge is 2.71. The molecule has 89 heavy (non-hydrogen) atoms. The summed E-state index contributed by atoms with van der Waals surface area (Å²) < 4.78 is 59.5. The molecule has 19 N–H and O–H groups in total. The molecule has 15 unspecified atom stereocenters. The normalized spacial score (nSPS) is 51.8. The fourth-order valence-electron chi connectivity index (χ4n) is 17.1. The molecule has 9 rings (SSSR count). The van der Waals surface area contributed by atoms with E-state index in [0.29, 0.717) is 32.1 Å². The van der Waals surface area contributed by atoms with Crippen LogP contribution in [0.1, 0.15) is 107 Å². The third-order valence-corrected chi connectivity index (χ3v) is 22.9. The van der Waals surface area contributed by atoms with Crippen molar-refractivity contribution in [1.82, 2.24) is 0 Å². The summed E-state index contributed by atoms with van der Waals surface area (Å²) in [6.07, 6.45) is -37.7. The minimum Gasteiger partial charge on any atom is -0.394 e. The Hall–Kier alpha value is -1.42. The number of rotatable bonds is 20. The van der Waals surface area contributed by atoms with Gasteiger partial charge in [-0.05, 0) is 99.7 Å². The highest BCUT2D eigenvalue weighted by atomic mass is 16.8. The van der Waals surface area contributed by atoms with Gasteiger partial charge >= 0.3 is 0 Å². The lowest BCUT2D eigenvalue weighted by atomic mass is 9.38. The van der Waals surface area contributed by atoms with Crippen molar-refractivity contribution < 1.29 is 144 Å². The first-order valence-corrected chi connectivity index (χ1v) is 31.6. The van der Waals surface area contributed by atoms with Crippen LogP contribution in [0.2, 0.25) is 0 Å². The summed E-state index contributed by atoms with van der Waals surface area (Å²) in [6.45, 7) is 12.3. The van der Waals surface area contributed by atoms with E-state index in [1.807, 2.05) is 13.8 Å². The van der Waals surface area contributed by atoms with Crippen LogP contribution in [0.25, 0.3) is 0 Å². The molecule has 0 spiro atoms. The quantitative estimate of drug-likeness (QED) is 0.0506. The van der Waals surface area contributed by atoms with Crippen LogP contribution in [0.15, 0.2) is 11.6 Å². The molecule has 3 saturated carbocycles. The van der Waals surface area contributed by atoms with E-state index in [0.717, 1.165) is 18.4 Å². The second-order valence-electron chi connectivity index (χ2n) is 28.7. The molecule has 0 radical (unpaired) electrons. The predicted octanol–water partition coefficient (Wildman–Crippen LogP) is -5.41. The van der Waals surface area contributed by atoms with Gasteiger partial charge < -0.3 is 144 Å². The maximum atomic E-state index is 12.8. The monoisotopic (exact) mass is 1290 g/mol. The van der Waals surface area contributed by atoms with Crippen LogP contribution in [0.5, 0.6) is 0 Å². The van der Waals surface area contributed by atoms with Crippen LogP contribution in [0.4, 0.5) is 0 Å². The zero-order valence-electron chi connectivity index (χ0n) is 51.8. The van der Waals surface area contributed by atoms with E-state index in [2.05, 4.69) is 33.8 Å². The summed E-state index contributed by atoms with van der Waals surface area (Å²) in [5.41, 5.74) is -2.49. The van der Waals surface area contributed by atoms with Gasteiger partial charge in [-0.25, -0.2) is 0 Å². The Morgan fingerprint density at radius 2 is 0.978 bits per heavy atom. The molecule has 0 amide bonds. The van der Waals surface area contributed by atoms with Crippen molar-refractivity contribution >= 4 is 0 Å². The first kappa shape index (κ1) is 71.9. The van der Waals surface area contributed by atoms with E-state index in [9.17, 15) is 97.0 Å². The highest BCUT2D eigenvalue weighted by molar-refractivity contribution is 5.32. The summed E-state index contributed by atoms with van der Waals surface area (Å²) in [4.78, 5) is 0. The molecule has 9 aliphatic rings. The van der Waals surface area contributed by atoms with Gasteiger partial charge in [0.05, 0.1) is 56.9 Å². The molecule has 29 heteroatoms. The summed E-state index contributed by atoms with van der Waals surface area (Å²) in [5, 5.41) is 205. The summed E-state index contributed by atoms with van der Waals surface area (Å²) in [7, 11) is 0. The van der Waals surface area contributed by atoms with Crippen molar-refractivity contribution in [3.63, 3.8) is 0 Å². The lowest BCUT2D eigenvalue weighted by molar-refractivity contribution is -0.380. The van der Waals surface area contributed by atoms with Gasteiger partial charge in [0.1, 0.15) is 122 Å². The number of aliphatic hydroxyl groups excluding tert-OH is 18. The highest BCUT2D eigenvalue weighted by Crippen LogP contribution is 2.75. The first-order valence-electron chi connectivity index (χ1n) is 31.6. The molecule has 5 heterocycles. The van der Waals surface area contributed by atoms with Crippen LogP contribution in [0.3, 0.4) is 0 Å². The SMILES string of the molecule is C[C@H](CC[C@@H](O[C@@H]1OC(CO[C@@H]2OC(CO)[C@@H](O)C(O)C2O)[C@@H](O)C(O)C1O[C@@H]1OC(CO)[C@@H](O)C(O)C1O)C(C)(C)O)[C@H]1CC[C@@]2(C)[C@@H]3CC=C4[C@@H](CC[C@H](O[C@@H]5OC(CO)[C@@H](O[C@@H]6OC(CO)[C@@H](O)C(O)C6O)C(O)C5O)C4(C)C)[C@]3(C)[C@H](O)C[C@]12C. The molecule has 0 aromatic rings. The van der Waals surface area contributed by atoms with Crippen LogP contribution >= 0.6 is 0 Å². The maximum absolute atomic E-state index is 12.8. The summed E-state index contributed by atoms with van der Waals surface area (Å²) in [6, 6.07) is 0. The Kier molecular flexibility index (Phi) is 22.3. The van der Waals surface area contributed by atoms with E-state index in [-0.39, 0.29) is 35.5 Å². The molecule has 8 fully saturated rings. The number of ether oxygens (including phenoxy) is 10. The third kappa shape index (κ3) is 13.0. The fraction of sp³-hybridized carbons (Fsp3) is 0.967. The Labute approximate surface area is 517 Å². The Morgan fingerprint density at radius 3 is 1.52 bits per heavy atom. The lowest BCUT2D eigenvalue weighted by Crippen LogP contribution is -2.66. The summed E-state index contributed by atoms with van der Waals surface area (Å²) in [5.74, 6) is -0.0172. The van der Waals surface area contributed by atoms with Crippen molar-refractivity contribution in [3.05, 3.63) is 11.6 Å². The molecule has 35 atom stereocenters. The minimum absolute atomic E-state index is 0.0310. The van der Waals surface area contributed by atoms with Crippen LogP contribution in [-0.2, 0) is 47.4 Å². The van der Waals surface area contributed by atoms with E-state index in [1.54, 1.807) is 0 Å². The molecule has 0 aromatic carbocycles. The number of fused-ring (bicyclic) bond motifs is 5. The predicted molar refractivity (Wildman–Crippen MR) is 300 cm³/mol. The van der Waals surface area contributed by atoms with Gasteiger partial charge in [0.25, 0.3) is 0 Å². The average molecular weight is 1290 g/mol. The largest absolute Gasteiger partial charge is 0.394 e. The lowest BCUT2D eigenvalue weighted by Gasteiger charge is -2.67. The molecule has 4 aliphatic carbocycles. The van der Waals surface area contributed by atoms with E-state index >= 15 is 0 Å². The topological polar surface area (TPSA) is 477 Å². The molecular weight excluding hydrogens is 1180 g/mol. The number of hydrogen-bond acceptors (Lipinski definition) is 29. The van der Waals surface area contributed by atoms with Gasteiger partial charge in [0.2, 0.25) is 0 Å². The van der Waals surface area contributed by atoms with E-state index < -0.39 is 227 Å². The van der Waals surface area contributed by atoms with Crippen molar-refractivity contribution in [1.29, 1.82) is 0 Å². The molecular formula is C60H102O29. The van der Waals surface area contributed by atoms with E-state index in [4.69, 9.17) is 47.4 Å². The third-order valence-electron chi connectivity index (χ3n) is 22.9. The van der Waals surface area contributed by atoms with E-state index in [1.165, 1.54) is 13.8 Å². The van der Waals surface area contributed by atoms with Crippen LogP contribution in [0, 0.1) is 45.3 Å². The van der Waals surface area contributed by atoms with Gasteiger partial charge in [-0.15, -0.1) is 0 Å². The zero-order chi connectivity index (χ0) is 65.5. The molecule has 0 aromatic heterocycles. The maximum Gasteiger partial charge on any atom is 0.187 e. The van der Waals surface area contributed by atoms with Gasteiger partial charge in [-0.3, -0.25) is 0 Å². The zero-order valence-corrected chi connectivity index (χ0v) is 51.8. The number of aliphatic hydroxyl groups is 19. The second-order valence-corrected chi connectivity index (χ2v) is 28.7. The number of hydrogen-bond donors (Lipinski definition) is 19. The minimum atomic E-state index is -1.96.